The molecule has 116 valence electrons. The summed E-state index contributed by atoms with van der Waals surface area (Å²) in [6.45, 7) is 7.52. The lowest BCUT2D eigenvalue weighted by Crippen LogP contribution is -2.34. The van der Waals surface area contributed by atoms with Crippen molar-refractivity contribution in [3.8, 4) is 0 Å². The molecule has 0 saturated carbocycles. The first-order valence-corrected chi connectivity index (χ1v) is 8.26. The minimum atomic E-state index is -1.06. The SMILES string of the molecule is CCSCCC(C)NC(=O)c1c(C)ccc(C)c1C(=O)O. The largest absolute Gasteiger partial charge is 0.478 e. The molecule has 2 N–H and O–H groups in total. The first-order chi connectivity index (χ1) is 9.88. The Labute approximate surface area is 130 Å². The monoisotopic (exact) mass is 309 g/mol. The molecule has 0 radical (unpaired) electrons. The highest BCUT2D eigenvalue weighted by Gasteiger charge is 2.22. The van der Waals surface area contributed by atoms with E-state index in [1.807, 2.05) is 18.7 Å². The summed E-state index contributed by atoms with van der Waals surface area (Å²) in [5, 5.41) is 12.2. The second kappa shape index (κ2) is 8.08. The number of rotatable bonds is 7. The van der Waals surface area contributed by atoms with Gasteiger partial charge in [-0.2, -0.15) is 11.8 Å². The number of carboxylic acid groups (broad SMARTS) is 1. The molecule has 0 aromatic heterocycles. The Morgan fingerprint density at radius 3 is 2.33 bits per heavy atom. The fourth-order valence-corrected chi connectivity index (χ4v) is 2.96. The number of hydrogen-bond donors (Lipinski definition) is 2. The van der Waals surface area contributed by atoms with Gasteiger partial charge in [-0.05, 0) is 49.8 Å². The third kappa shape index (κ3) is 4.77. The van der Waals surface area contributed by atoms with Crippen molar-refractivity contribution in [3.63, 3.8) is 0 Å². The molecule has 1 rings (SSSR count). The van der Waals surface area contributed by atoms with Crippen molar-refractivity contribution >= 4 is 23.6 Å². The Morgan fingerprint density at radius 2 is 1.81 bits per heavy atom. The molecular weight excluding hydrogens is 286 g/mol. The normalized spacial score (nSPS) is 12.0. The van der Waals surface area contributed by atoms with Crippen LogP contribution in [-0.2, 0) is 0 Å². The number of carbonyl (C=O) groups excluding carboxylic acids is 1. The summed E-state index contributed by atoms with van der Waals surface area (Å²) in [4.78, 5) is 23.8. The molecule has 0 aliphatic heterocycles. The quantitative estimate of drug-likeness (QED) is 0.759. The lowest BCUT2D eigenvalue weighted by atomic mass is 9.96. The lowest BCUT2D eigenvalue weighted by Gasteiger charge is -2.17. The molecule has 21 heavy (non-hydrogen) atoms. The van der Waals surface area contributed by atoms with Crippen LogP contribution < -0.4 is 5.32 Å². The maximum atomic E-state index is 12.4. The van der Waals surface area contributed by atoms with E-state index in [1.165, 1.54) is 0 Å². The second-order valence-electron chi connectivity index (χ2n) is 5.11. The molecule has 4 nitrogen and oxygen atoms in total. The van der Waals surface area contributed by atoms with Gasteiger partial charge in [0.25, 0.3) is 5.91 Å². The number of carbonyl (C=O) groups is 2. The maximum absolute atomic E-state index is 12.4. The fourth-order valence-electron chi connectivity index (χ4n) is 2.15. The van der Waals surface area contributed by atoms with Crippen LogP contribution in [0.2, 0.25) is 0 Å². The molecule has 0 aliphatic carbocycles. The summed E-state index contributed by atoms with van der Waals surface area (Å²) in [5.41, 5.74) is 1.67. The van der Waals surface area contributed by atoms with Gasteiger partial charge in [0.05, 0.1) is 11.1 Å². The van der Waals surface area contributed by atoms with Crippen LogP contribution in [0.3, 0.4) is 0 Å². The van der Waals surface area contributed by atoms with Crippen molar-refractivity contribution in [2.75, 3.05) is 11.5 Å². The van der Waals surface area contributed by atoms with E-state index in [1.54, 1.807) is 26.0 Å². The molecule has 0 saturated heterocycles. The van der Waals surface area contributed by atoms with E-state index in [0.717, 1.165) is 17.9 Å². The van der Waals surface area contributed by atoms with E-state index in [4.69, 9.17) is 0 Å². The molecule has 1 aromatic carbocycles. The highest BCUT2D eigenvalue weighted by molar-refractivity contribution is 7.99. The third-order valence-electron chi connectivity index (χ3n) is 3.34. The van der Waals surface area contributed by atoms with E-state index >= 15 is 0 Å². The Balaban J connectivity index is 2.92. The maximum Gasteiger partial charge on any atom is 0.336 e. The smallest absolute Gasteiger partial charge is 0.336 e. The number of amides is 1. The van der Waals surface area contributed by atoms with Crippen molar-refractivity contribution in [2.24, 2.45) is 0 Å². The molecule has 0 aliphatic rings. The number of aromatic carboxylic acids is 1. The van der Waals surface area contributed by atoms with Gasteiger partial charge in [0.15, 0.2) is 0 Å². The van der Waals surface area contributed by atoms with E-state index in [2.05, 4.69) is 12.2 Å². The Kier molecular flexibility index (Phi) is 6.75. The first-order valence-electron chi connectivity index (χ1n) is 7.10. The molecule has 0 heterocycles. The van der Waals surface area contributed by atoms with Crippen molar-refractivity contribution < 1.29 is 14.7 Å². The molecule has 1 aromatic rings. The number of hydrogen-bond acceptors (Lipinski definition) is 3. The van der Waals surface area contributed by atoms with Crippen molar-refractivity contribution in [3.05, 3.63) is 34.4 Å². The Hall–Kier alpha value is -1.49. The van der Waals surface area contributed by atoms with Crippen molar-refractivity contribution in [2.45, 2.75) is 40.2 Å². The molecular formula is C16H23NO3S. The van der Waals surface area contributed by atoms with Crippen LogP contribution in [-0.4, -0.2) is 34.5 Å². The zero-order valence-corrected chi connectivity index (χ0v) is 13.8. The van der Waals surface area contributed by atoms with Gasteiger partial charge in [0.2, 0.25) is 0 Å². The predicted molar refractivity (Wildman–Crippen MR) is 87.4 cm³/mol. The van der Waals surface area contributed by atoms with Crippen LogP contribution in [0.1, 0.15) is 52.1 Å². The van der Waals surface area contributed by atoms with Crippen LogP contribution in [0.15, 0.2) is 12.1 Å². The van der Waals surface area contributed by atoms with E-state index in [-0.39, 0.29) is 23.1 Å². The van der Waals surface area contributed by atoms with Crippen molar-refractivity contribution in [1.82, 2.24) is 5.32 Å². The van der Waals surface area contributed by atoms with Crippen LogP contribution in [0.25, 0.3) is 0 Å². The average Bonchev–Trinajstić information content (AvgIpc) is 2.40. The van der Waals surface area contributed by atoms with Crippen LogP contribution in [0, 0.1) is 13.8 Å². The Morgan fingerprint density at radius 1 is 1.24 bits per heavy atom. The summed E-state index contributed by atoms with van der Waals surface area (Å²) in [6, 6.07) is 3.55. The third-order valence-corrected chi connectivity index (χ3v) is 4.27. The van der Waals surface area contributed by atoms with Gasteiger partial charge in [0, 0.05) is 6.04 Å². The summed E-state index contributed by atoms with van der Waals surface area (Å²) < 4.78 is 0. The molecule has 0 fully saturated rings. The van der Waals surface area contributed by atoms with Gasteiger partial charge >= 0.3 is 5.97 Å². The van der Waals surface area contributed by atoms with E-state index in [9.17, 15) is 14.7 Å². The summed E-state index contributed by atoms with van der Waals surface area (Å²) in [6.07, 6.45) is 0.873. The van der Waals surface area contributed by atoms with Crippen LogP contribution >= 0.6 is 11.8 Å². The first kappa shape index (κ1) is 17.6. The minimum absolute atomic E-state index is 0.0260. The van der Waals surface area contributed by atoms with Gasteiger partial charge in [0.1, 0.15) is 0 Å². The second-order valence-corrected chi connectivity index (χ2v) is 6.51. The van der Waals surface area contributed by atoms with Gasteiger partial charge in [-0.1, -0.05) is 19.1 Å². The highest BCUT2D eigenvalue weighted by atomic mass is 32.2. The number of carboxylic acids is 1. The fraction of sp³-hybridized carbons (Fsp3) is 0.500. The Bertz CT molecular complexity index is 528. The van der Waals surface area contributed by atoms with Crippen molar-refractivity contribution in [1.29, 1.82) is 0 Å². The lowest BCUT2D eigenvalue weighted by molar-refractivity contribution is 0.0689. The van der Waals surface area contributed by atoms with Gasteiger partial charge in [-0.15, -0.1) is 0 Å². The zero-order valence-electron chi connectivity index (χ0n) is 13.0. The molecule has 0 bridgehead atoms. The predicted octanol–water partition coefficient (Wildman–Crippen LogP) is 3.26. The van der Waals surface area contributed by atoms with Crippen LogP contribution in [0.4, 0.5) is 0 Å². The van der Waals surface area contributed by atoms with Gasteiger partial charge < -0.3 is 10.4 Å². The number of nitrogens with one attached hydrogen (secondary N) is 1. The van der Waals surface area contributed by atoms with Gasteiger partial charge in [-0.25, -0.2) is 4.79 Å². The number of aryl methyl sites for hydroxylation is 2. The molecule has 5 heteroatoms. The summed E-state index contributed by atoms with van der Waals surface area (Å²) in [5.74, 6) is 0.676. The molecule has 1 unspecified atom stereocenters. The summed E-state index contributed by atoms with van der Waals surface area (Å²) >= 11 is 1.83. The number of thioether (sulfide) groups is 1. The molecule has 1 amide bonds. The average molecular weight is 309 g/mol. The van der Waals surface area contributed by atoms with Crippen LogP contribution in [0.5, 0.6) is 0 Å². The standard InChI is InChI=1S/C16H23NO3S/c1-5-21-9-8-12(4)17-15(18)13-10(2)6-7-11(3)14(13)16(19)20/h6-7,12H,5,8-9H2,1-4H3,(H,17,18)(H,19,20). The van der Waals surface area contributed by atoms with E-state index < -0.39 is 5.97 Å². The minimum Gasteiger partial charge on any atom is -0.478 e. The molecule has 1 atom stereocenters. The zero-order chi connectivity index (χ0) is 16.0. The summed E-state index contributed by atoms with van der Waals surface area (Å²) in [7, 11) is 0. The number of benzene rings is 1. The van der Waals surface area contributed by atoms with E-state index in [0.29, 0.717) is 11.1 Å². The van der Waals surface area contributed by atoms with Gasteiger partial charge in [-0.3, -0.25) is 4.79 Å². The highest BCUT2D eigenvalue weighted by Crippen LogP contribution is 2.19. The molecule has 0 spiro atoms. The topological polar surface area (TPSA) is 66.4 Å².